The lowest BCUT2D eigenvalue weighted by atomic mass is 10.0. The molecular weight excluding hydrogens is 254 g/mol. The van der Waals surface area contributed by atoms with E-state index in [2.05, 4.69) is 29.3 Å². The lowest BCUT2D eigenvalue weighted by Crippen LogP contribution is -2.42. The van der Waals surface area contributed by atoms with Gasteiger partial charge in [-0.3, -0.25) is 0 Å². The summed E-state index contributed by atoms with van der Waals surface area (Å²) in [6, 6.07) is 6.81. The fourth-order valence-corrected chi connectivity index (χ4v) is 3.28. The summed E-state index contributed by atoms with van der Waals surface area (Å²) in [6.07, 6.45) is 5.11. The van der Waals surface area contributed by atoms with E-state index in [1.807, 2.05) is 6.07 Å². The fraction of sp³-hybridized carbons (Fsp3) is 0.667. The first kappa shape index (κ1) is 14.5. The highest BCUT2D eigenvalue weighted by atomic mass is 32.1. The maximum atomic E-state index is 8.80. The number of nitrogens with zero attached hydrogens (tertiary/aromatic N) is 2. The first-order chi connectivity index (χ1) is 9.31. The van der Waals surface area contributed by atoms with Crippen molar-refractivity contribution >= 4 is 11.3 Å². The number of nitrogens with one attached hydrogen (secondary N) is 1. The van der Waals surface area contributed by atoms with E-state index in [1.54, 1.807) is 11.3 Å². The van der Waals surface area contributed by atoms with Gasteiger partial charge in [0.25, 0.3) is 0 Å². The molecule has 0 saturated carbocycles. The molecule has 0 unspecified atom stereocenters. The van der Waals surface area contributed by atoms with Gasteiger partial charge >= 0.3 is 0 Å². The van der Waals surface area contributed by atoms with Crippen molar-refractivity contribution in [1.82, 2.24) is 10.2 Å². The van der Waals surface area contributed by atoms with Crippen molar-refractivity contribution in [3.05, 3.63) is 21.9 Å². The average Bonchev–Trinajstić information content (AvgIpc) is 2.92. The molecule has 1 fully saturated rings. The monoisotopic (exact) mass is 277 g/mol. The van der Waals surface area contributed by atoms with Gasteiger partial charge in [0.1, 0.15) is 10.9 Å². The number of rotatable bonds is 6. The van der Waals surface area contributed by atoms with Crippen LogP contribution in [-0.2, 0) is 6.54 Å². The van der Waals surface area contributed by atoms with Crippen LogP contribution in [-0.4, -0.2) is 30.6 Å². The number of thiophene rings is 1. The molecule has 1 saturated heterocycles. The van der Waals surface area contributed by atoms with Crippen LogP contribution in [0, 0.1) is 11.3 Å². The van der Waals surface area contributed by atoms with Crippen molar-refractivity contribution in [3.8, 4) is 6.07 Å². The van der Waals surface area contributed by atoms with E-state index in [4.69, 9.17) is 5.26 Å². The zero-order chi connectivity index (χ0) is 13.5. The predicted molar refractivity (Wildman–Crippen MR) is 80.2 cm³/mol. The summed E-state index contributed by atoms with van der Waals surface area (Å²) in [4.78, 5) is 4.66. The van der Waals surface area contributed by atoms with Gasteiger partial charge in [0, 0.05) is 17.5 Å². The summed E-state index contributed by atoms with van der Waals surface area (Å²) >= 11 is 1.60. The van der Waals surface area contributed by atoms with Gasteiger partial charge < -0.3 is 10.2 Å². The molecule has 0 aliphatic carbocycles. The lowest BCUT2D eigenvalue weighted by Gasteiger charge is -2.32. The Morgan fingerprint density at radius 1 is 1.42 bits per heavy atom. The quantitative estimate of drug-likeness (QED) is 0.869. The number of hydrogen-bond acceptors (Lipinski definition) is 4. The van der Waals surface area contributed by atoms with Gasteiger partial charge in [-0.05, 0) is 51.0 Å². The molecule has 0 bridgehead atoms. The van der Waals surface area contributed by atoms with E-state index in [1.165, 1.54) is 50.2 Å². The van der Waals surface area contributed by atoms with E-state index < -0.39 is 0 Å². The Hall–Kier alpha value is -0.890. The van der Waals surface area contributed by atoms with Crippen molar-refractivity contribution < 1.29 is 0 Å². The van der Waals surface area contributed by atoms with Gasteiger partial charge in [-0.2, -0.15) is 5.26 Å². The largest absolute Gasteiger partial charge is 0.309 e. The molecule has 1 aromatic rings. The Bertz CT molecular complexity index is 413. The van der Waals surface area contributed by atoms with Crippen molar-refractivity contribution in [1.29, 1.82) is 5.26 Å². The van der Waals surface area contributed by atoms with Gasteiger partial charge in [0.15, 0.2) is 0 Å². The van der Waals surface area contributed by atoms with Gasteiger partial charge in [-0.15, -0.1) is 11.3 Å². The molecule has 1 N–H and O–H groups in total. The van der Waals surface area contributed by atoms with Crippen LogP contribution >= 0.6 is 11.3 Å². The molecule has 104 valence electrons. The van der Waals surface area contributed by atoms with Crippen LogP contribution in [0.1, 0.15) is 42.4 Å². The first-order valence-electron chi connectivity index (χ1n) is 7.26. The number of nitriles is 1. The van der Waals surface area contributed by atoms with Gasteiger partial charge in [-0.25, -0.2) is 0 Å². The Morgan fingerprint density at radius 2 is 2.21 bits per heavy atom. The number of likely N-dealkylation sites (tertiary alicyclic amines) is 1. The number of piperidine rings is 1. The van der Waals surface area contributed by atoms with Crippen LogP contribution in [0.3, 0.4) is 0 Å². The molecule has 19 heavy (non-hydrogen) atoms. The first-order valence-corrected chi connectivity index (χ1v) is 8.08. The van der Waals surface area contributed by atoms with E-state index in [9.17, 15) is 0 Å². The normalized spacial score (nSPS) is 17.5. The van der Waals surface area contributed by atoms with E-state index in [0.29, 0.717) is 6.04 Å². The zero-order valence-electron chi connectivity index (χ0n) is 11.7. The molecule has 3 nitrogen and oxygen atoms in total. The molecule has 2 heterocycles. The second-order valence-electron chi connectivity index (χ2n) is 5.23. The molecule has 0 radical (unpaired) electrons. The summed E-state index contributed by atoms with van der Waals surface area (Å²) in [6.45, 7) is 6.88. The lowest BCUT2D eigenvalue weighted by molar-refractivity contribution is 0.195. The average molecular weight is 277 g/mol. The van der Waals surface area contributed by atoms with Crippen molar-refractivity contribution in [2.24, 2.45) is 0 Å². The Labute approximate surface area is 120 Å². The van der Waals surface area contributed by atoms with Crippen molar-refractivity contribution in [2.75, 3.05) is 19.6 Å². The summed E-state index contributed by atoms with van der Waals surface area (Å²) in [7, 11) is 0. The molecule has 0 aromatic carbocycles. The van der Waals surface area contributed by atoms with Crippen LogP contribution in [0.25, 0.3) is 0 Å². The third-order valence-electron chi connectivity index (χ3n) is 3.75. The smallest absolute Gasteiger partial charge is 0.110 e. The summed E-state index contributed by atoms with van der Waals surface area (Å²) in [5, 5.41) is 12.4. The minimum absolute atomic E-state index is 0.644. The summed E-state index contributed by atoms with van der Waals surface area (Å²) in [5.74, 6) is 0. The minimum Gasteiger partial charge on any atom is -0.309 e. The number of unbranched alkanes of at least 4 members (excludes halogenated alkanes) is 1. The highest BCUT2D eigenvalue weighted by Crippen LogP contribution is 2.17. The topological polar surface area (TPSA) is 39.1 Å². The highest BCUT2D eigenvalue weighted by molar-refractivity contribution is 7.12. The van der Waals surface area contributed by atoms with Crippen LogP contribution in [0.2, 0.25) is 0 Å². The molecule has 0 amide bonds. The molecule has 2 rings (SSSR count). The van der Waals surface area contributed by atoms with E-state index in [0.717, 1.165) is 11.4 Å². The fourth-order valence-electron chi connectivity index (χ4n) is 2.52. The molecule has 0 spiro atoms. The molecule has 1 aliphatic heterocycles. The van der Waals surface area contributed by atoms with Crippen molar-refractivity contribution in [2.45, 2.75) is 45.2 Å². The maximum Gasteiger partial charge on any atom is 0.110 e. The van der Waals surface area contributed by atoms with E-state index >= 15 is 0 Å². The van der Waals surface area contributed by atoms with Crippen LogP contribution in [0.15, 0.2) is 12.1 Å². The van der Waals surface area contributed by atoms with Crippen molar-refractivity contribution in [3.63, 3.8) is 0 Å². The Morgan fingerprint density at radius 3 is 2.84 bits per heavy atom. The SMILES string of the molecule is CCCCN1CCC(NCc2ccc(C#N)s2)CC1. The maximum absolute atomic E-state index is 8.80. The van der Waals surface area contributed by atoms with Crippen LogP contribution in [0.5, 0.6) is 0 Å². The number of hydrogen-bond donors (Lipinski definition) is 1. The Kier molecular flexibility index (Phi) is 5.84. The molecular formula is C15H23N3S. The standard InChI is InChI=1S/C15H23N3S/c1-2-3-8-18-9-6-13(7-10-18)17-12-15-5-4-14(11-16)19-15/h4-5,13,17H,2-3,6-10,12H2,1H3. The van der Waals surface area contributed by atoms with Crippen LogP contribution in [0.4, 0.5) is 0 Å². The van der Waals surface area contributed by atoms with Gasteiger partial charge in [-0.1, -0.05) is 13.3 Å². The molecule has 4 heteroatoms. The van der Waals surface area contributed by atoms with Crippen LogP contribution < -0.4 is 5.32 Å². The van der Waals surface area contributed by atoms with Gasteiger partial charge in [0.2, 0.25) is 0 Å². The molecule has 0 atom stereocenters. The van der Waals surface area contributed by atoms with E-state index in [-0.39, 0.29) is 0 Å². The predicted octanol–water partition coefficient (Wildman–Crippen LogP) is 2.97. The second kappa shape index (κ2) is 7.64. The molecule has 1 aromatic heterocycles. The Balaban J connectivity index is 1.67. The molecule has 1 aliphatic rings. The summed E-state index contributed by atoms with van der Waals surface area (Å²) < 4.78 is 0. The third kappa shape index (κ3) is 4.61. The minimum atomic E-state index is 0.644. The summed E-state index contributed by atoms with van der Waals surface area (Å²) in [5.41, 5.74) is 0. The highest BCUT2D eigenvalue weighted by Gasteiger charge is 2.18. The van der Waals surface area contributed by atoms with Gasteiger partial charge in [0.05, 0.1) is 0 Å². The third-order valence-corrected chi connectivity index (χ3v) is 4.74. The zero-order valence-corrected chi connectivity index (χ0v) is 12.5. The second-order valence-corrected chi connectivity index (χ2v) is 6.40.